The van der Waals surface area contributed by atoms with Gasteiger partial charge < -0.3 is 8.94 Å². The molecule has 1 atom stereocenters. The molecule has 2 aromatic heterocycles. The second kappa shape index (κ2) is 5.41. The summed E-state index contributed by atoms with van der Waals surface area (Å²) in [6.45, 7) is 10.1. The first-order valence-corrected chi connectivity index (χ1v) is 7.01. The van der Waals surface area contributed by atoms with Crippen molar-refractivity contribution >= 4 is 11.6 Å². The molecule has 0 spiro atoms. The average Bonchev–Trinajstić information content (AvgIpc) is 2.81. The number of rotatable bonds is 4. The average molecular weight is 282 g/mol. The largest absolute Gasteiger partial charge is 0.461 e. The van der Waals surface area contributed by atoms with Crippen LogP contribution in [0.4, 0.5) is 0 Å². The molecule has 0 saturated heterocycles. The van der Waals surface area contributed by atoms with Crippen LogP contribution in [0.3, 0.4) is 0 Å². The van der Waals surface area contributed by atoms with Crippen LogP contribution in [0.5, 0.6) is 0 Å². The van der Waals surface area contributed by atoms with Gasteiger partial charge in [-0.2, -0.15) is 0 Å². The van der Waals surface area contributed by atoms with Gasteiger partial charge in [-0.1, -0.05) is 19.0 Å². The zero-order chi connectivity index (χ0) is 14.2. The third-order valence-corrected chi connectivity index (χ3v) is 3.67. The van der Waals surface area contributed by atoms with E-state index in [-0.39, 0.29) is 5.38 Å². The quantitative estimate of drug-likeness (QED) is 0.724. The second-order valence-electron chi connectivity index (χ2n) is 5.42. The maximum absolute atomic E-state index is 6.46. The molecular weight excluding hydrogens is 262 g/mol. The highest BCUT2D eigenvalue weighted by Gasteiger charge is 2.21. The second-order valence-corrected chi connectivity index (χ2v) is 5.95. The topological polar surface area (TPSA) is 39.2 Å². The summed E-state index contributed by atoms with van der Waals surface area (Å²) in [6.07, 6.45) is 0.934. The van der Waals surface area contributed by atoms with Gasteiger partial charge in [0.25, 0.3) is 0 Å². The normalized spacial score (nSPS) is 13.2. The maximum Gasteiger partial charge on any atom is 0.144 e. The van der Waals surface area contributed by atoms with Gasteiger partial charge in [0.2, 0.25) is 0 Å². The van der Waals surface area contributed by atoms with Gasteiger partial charge in [-0.25, -0.2) is 0 Å². The number of alkyl halides is 1. The van der Waals surface area contributed by atoms with E-state index in [4.69, 9.17) is 20.5 Å². The fourth-order valence-electron chi connectivity index (χ4n) is 2.31. The molecule has 2 aromatic rings. The van der Waals surface area contributed by atoms with Crippen LogP contribution in [0.15, 0.2) is 15.0 Å². The zero-order valence-corrected chi connectivity index (χ0v) is 12.8. The highest BCUT2D eigenvalue weighted by Crippen LogP contribution is 2.37. The molecule has 2 heterocycles. The molecule has 0 radical (unpaired) electrons. The Morgan fingerprint density at radius 3 is 2.42 bits per heavy atom. The van der Waals surface area contributed by atoms with Gasteiger partial charge in [0.05, 0.1) is 16.6 Å². The van der Waals surface area contributed by atoms with Crippen molar-refractivity contribution in [1.29, 1.82) is 0 Å². The molecule has 0 bridgehead atoms. The summed E-state index contributed by atoms with van der Waals surface area (Å²) >= 11 is 6.46. The molecular formula is C15H20ClNO2. The molecule has 0 aliphatic carbocycles. The molecule has 4 heteroatoms. The van der Waals surface area contributed by atoms with E-state index >= 15 is 0 Å². The Hall–Kier alpha value is -1.22. The number of hydrogen-bond donors (Lipinski definition) is 0. The Kier molecular flexibility index (Phi) is 4.04. The molecule has 19 heavy (non-hydrogen) atoms. The first-order valence-electron chi connectivity index (χ1n) is 6.57. The predicted octanol–water partition coefficient (Wildman–Crippen LogP) is 5.19. The summed E-state index contributed by atoms with van der Waals surface area (Å²) in [5, 5.41) is 3.94. The monoisotopic (exact) mass is 281 g/mol. The Morgan fingerprint density at radius 1 is 1.21 bits per heavy atom. The lowest BCUT2D eigenvalue weighted by Crippen LogP contribution is -1.96. The van der Waals surface area contributed by atoms with Crippen molar-refractivity contribution < 1.29 is 8.94 Å². The predicted molar refractivity (Wildman–Crippen MR) is 76.5 cm³/mol. The van der Waals surface area contributed by atoms with Crippen molar-refractivity contribution in [2.75, 3.05) is 0 Å². The number of furan rings is 1. The van der Waals surface area contributed by atoms with Crippen LogP contribution < -0.4 is 0 Å². The Morgan fingerprint density at radius 2 is 1.89 bits per heavy atom. The van der Waals surface area contributed by atoms with Crippen LogP contribution >= 0.6 is 11.6 Å². The van der Waals surface area contributed by atoms with E-state index in [0.717, 1.165) is 40.5 Å². The summed E-state index contributed by atoms with van der Waals surface area (Å²) < 4.78 is 11.0. The molecule has 1 unspecified atom stereocenters. The molecule has 0 amide bonds. The molecule has 0 aliphatic heterocycles. The molecule has 0 fully saturated rings. The minimum atomic E-state index is -0.0158. The Labute approximate surface area is 118 Å². The van der Waals surface area contributed by atoms with E-state index < -0.39 is 0 Å². The van der Waals surface area contributed by atoms with Crippen LogP contribution in [0.1, 0.15) is 48.4 Å². The Balaban J connectivity index is 2.36. The highest BCUT2D eigenvalue weighted by atomic mass is 35.5. The fourth-order valence-corrected chi connectivity index (χ4v) is 2.88. The SMILES string of the molecule is Cc1noc(C)c1-c1cc(C(Cl)CC(C)C)c(C)o1. The van der Waals surface area contributed by atoms with Crippen LogP contribution in [-0.4, -0.2) is 5.16 Å². The van der Waals surface area contributed by atoms with Crippen LogP contribution in [0.2, 0.25) is 0 Å². The lowest BCUT2D eigenvalue weighted by molar-refractivity contribution is 0.393. The smallest absolute Gasteiger partial charge is 0.144 e. The van der Waals surface area contributed by atoms with E-state index in [1.807, 2.05) is 26.8 Å². The first-order chi connectivity index (χ1) is 8.90. The molecule has 0 aromatic carbocycles. The van der Waals surface area contributed by atoms with Gasteiger partial charge in [-0.15, -0.1) is 11.6 Å². The van der Waals surface area contributed by atoms with E-state index in [1.165, 1.54) is 0 Å². The van der Waals surface area contributed by atoms with Crippen molar-refractivity contribution in [2.45, 2.75) is 46.4 Å². The summed E-state index contributed by atoms with van der Waals surface area (Å²) in [5.74, 6) is 2.99. The fraction of sp³-hybridized carbons (Fsp3) is 0.533. The van der Waals surface area contributed by atoms with Crippen molar-refractivity contribution in [3.8, 4) is 11.3 Å². The minimum Gasteiger partial charge on any atom is -0.461 e. The van der Waals surface area contributed by atoms with Crippen molar-refractivity contribution in [3.63, 3.8) is 0 Å². The van der Waals surface area contributed by atoms with E-state index in [9.17, 15) is 0 Å². The zero-order valence-electron chi connectivity index (χ0n) is 12.1. The standard InChI is InChI=1S/C15H20ClNO2/c1-8(2)6-13(16)12-7-14(18-10(12)4)15-9(3)17-19-11(15)5/h7-8,13H,6H2,1-5H3. The summed E-state index contributed by atoms with van der Waals surface area (Å²) in [7, 11) is 0. The van der Waals surface area contributed by atoms with Gasteiger partial charge in [0, 0.05) is 5.56 Å². The molecule has 0 aliphatic rings. The summed E-state index contributed by atoms with van der Waals surface area (Å²) in [5.41, 5.74) is 2.83. The number of aromatic nitrogens is 1. The van der Waals surface area contributed by atoms with Crippen molar-refractivity contribution in [2.24, 2.45) is 5.92 Å². The molecule has 0 N–H and O–H groups in total. The van der Waals surface area contributed by atoms with Crippen LogP contribution in [0, 0.1) is 26.7 Å². The number of aryl methyl sites for hydroxylation is 3. The third-order valence-electron chi connectivity index (χ3n) is 3.25. The Bertz CT molecular complexity index is 549. The molecule has 2 rings (SSSR count). The lowest BCUT2D eigenvalue weighted by atomic mass is 10.0. The van der Waals surface area contributed by atoms with Gasteiger partial charge >= 0.3 is 0 Å². The van der Waals surface area contributed by atoms with Gasteiger partial charge in [0.15, 0.2) is 0 Å². The number of halogens is 1. The van der Waals surface area contributed by atoms with Crippen LogP contribution in [0.25, 0.3) is 11.3 Å². The van der Waals surface area contributed by atoms with E-state index in [1.54, 1.807) is 0 Å². The molecule has 104 valence electrons. The number of nitrogens with zero attached hydrogens (tertiary/aromatic N) is 1. The first kappa shape index (κ1) is 14.2. The van der Waals surface area contributed by atoms with E-state index in [0.29, 0.717) is 5.92 Å². The summed E-state index contributed by atoms with van der Waals surface area (Å²) in [6, 6.07) is 2.02. The van der Waals surface area contributed by atoms with Crippen LogP contribution in [-0.2, 0) is 0 Å². The summed E-state index contributed by atoms with van der Waals surface area (Å²) in [4.78, 5) is 0. The molecule has 0 saturated carbocycles. The van der Waals surface area contributed by atoms with Crippen molar-refractivity contribution in [3.05, 3.63) is 28.8 Å². The van der Waals surface area contributed by atoms with Gasteiger partial charge in [-0.05, 0) is 39.2 Å². The van der Waals surface area contributed by atoms with Gasteiger partial charge in [-0.3, -0.25) is 0 Å². The third kappa shape index (κ3) is 2.86. The molecule has 3 nitrogen and oxygen atoms in total. The highest BCUT2D eigenvalue weighted by molar-refractivity contribution is 6.20. The van der Waals surface area contributed by atoms with Gasteiger partial charge in [0.1, 0.15) is 17.3 Å². The maximum atomic E-state index is 6.46. The lowest BCUT2D eigenvalue weighted by Gasteiger charge is -2.10. The minimum absolute atomic E-state index is 0.0158. The van der Waals surface area contributed by atoms with E-state index in [2.05, 4.69) is 19.0 Å². The van der Waals surface area contributed by atoms with Crippen molar-refractivity contribution in [1.82, 2.24) is 5.16 Å². The number of hydrogen-bond acceptors (Lipinski definition) is 3.